The maximum atomic E-state index is 9.52. The molecule has 0 atom stereocenters. The molecule has 19 heavy (non-hydrogen) atoms. The molecule has 2 rings (SSSR count). The van der Waals surface area contributed by atoms with Crippen LogP contribution in [0.3, 0.4) is 0 Å². The first-order chi connectivity index (χ1) is 9.11. The highest BCUT2D eigenvalue weighted by Gasteiger charge is 2.12. The van der Waals surface area contributed by atoms with Crippen LogP contribution in [0.1, 0.15) is 22.5 Å². The van der Waals surface area contributed by atoms with E-state index in [1.165, 1.54) is 0 Å². The highest BCUT2D eigenvalue weighted by Crippen LogP contribution is 2.22. The Morgan fingerprint density at radius 3 is 2.68 bits per heavy atom. The number of aryl methyl sites for hydroxylation is 2. The van der Waals surface area contributed by atoms with E-state index in [0.717, 1.165) is 28.3 Å². The van der Waals surface area contributed by atoms with Crippen LogP contribution in [-0.4, -0.2) is 22.1 Å². The minimum absolute atomic E-state index is 0.000997. The molecule has 0 unspecified atom stereocenters. The van der Waals surface area contributed by atoms with Crippen molar-refractivity contribution in [2.24, 2.45) is 0 Å². The molecule has 2 aromatic heterocycles. The molecule has 2 aromatic rings. The first-order valence-electron chi connectivity index (χ1n) is 6.31. The Morgan fingerprint density at radius 2 is 2.05 bits per heavy atom. The molecule has 0 radical (unpaired) electrons. The third-order valence-electron chi connectivity index (χ3n) is 3.10. The number of anilines is 1. The van der Waals surface area contributed by atoms with Crippen LogP contribution in [0.4, 0.5) is 5.82 Å². The van der Waals surface area contributed by atoms with Crippen molar-refractivity contribution >= 4 is 5.82 Å². The Hall–Kier alpha value is -1.94. The quantitative estimate of drug-likeness (QED) is 0.912. The monoisotopic (exact) mass is 257 g/mol. The number of aliphatic hydroxyl groups is 1. The van der Waals surface area contributed by atoms with Crippen LogP contribution < -0.4 is 4.90 Å². The zero-order valence-electron chi connectivity index (χ0n) is 11.6. The number of hydrogen-bond acceptors (Lipinski definition) is 4. The molecule has 0 aliphatic carbocycles. The summed E-state index contributed by atoms with van der Waals surface area (Å²) in [4.78, 5) is 10.9. The number of rotatable bonds is 4. The van der Waals surface area contributed by atoms with Gasteiger partial charge in [-0.3, -0.25) is 4.98 Å². The molecule has 0 saturated carbocycles. The number of aliphatic hydroxyl groups excluding tert-OH is 1. The third-order valence-corrected chi connectivity index (χ3v) is 3.10. The van der Waals surface area contributed by atoms with Crippen molar-refractivity contribution < 1.29 is 5.11 Å². The Kier molecular flexibility index (Phi) is 4.12. The van der Waals surface area contributed by atoms with Gasteiger partial charge in [0.15, 0.2) is 0 Å². The van der Waals surface area contributed by atoms with E-state index < -0.39 is 0 Å². The molecule has 0 fully saturated rings. The molecule has 0 amide bonds. The van der Waals surface area contributed by atoms with Gasteiger partial charge in [0, 0.05) is 24.5 Å². The Balaban J connectivity index is 2.30. The van der Waals surface area contributed by atoms with Gasteiger partial charge in [0.05, 0.1) is 18.8 Å². The van der Waals surface area contributed by atoms with Gasteiger partial charge in [0.25, 0.3) is 0 Å². The second kappa shape index (κ2) is 5.80. The number of pyridine rings is 2. The molecule has 0 aliphatic rings. The summed E-state index contributed by atoms with van der Waals surface area (Å²) in [5.41, 5.74) is 3.88. The van der Waals surface area contributed by atoms with Crippen molar-refractivity contribution in [1.29, 1.82) is 0 Å². The average molecular weight is 257 g/mol. The Bertz CT molecular complexity index is 555. The van der Waals surface area contributed by atoms with Crippen molar-refractivity contribution in [1.82, 2.24) is 9.97 Å². The van der Waals surface area contributed by atoms with E-state index in [1.807, 2.05) is 50.1 Å². The lowest BCUT2D eigenvalue weighted by molar-refractivity contribution is 0.281. The third kappa shape index (κ3) is 3.09. The van der Waals surface area contributed by atoms with Gasteiger partial charge >= 0.3 is 0 Å². The lowest BCUT2D eigenvalue weighted by atomic mass is 10.1. The summed E-state index contributed by atoms with van der Waals surface area (Å²) in [7, 11) is 1.97. The van der Waals surface area contributed by atoms with E-state index in [4.69, 9.17) is 0 Å². The largest absolute Gasteiger partial charge is 0.392 e. The summed E-state index contributed by atoms with van der Waals surface area (Å²) >= 11 is 0. The first kappa shape index (κ1) is 13.5. The van der Waals surface area contributed by atoms with Crippen LogP contribution in [0.25, 0.3) is 0 Å². The van der Waals surface area contributed by atoms with E-state index in [-0.39, 0.29) is 6.61 Å². The summed E-state index contributed by atoms with van der Waals surface area (Å²) in [6, 6.07) is 7.84. The van der Waals surface area contributed by atoms with Gasteiger partial charge in [-0.2, -0.15) is 0 Å². The number of aromatic nitrogens is 2. The van der Waals surface area contributed by atoms with Crippen LogP contribution >= 0.6 is 0 Å². The molecule has 0 bridgehead atoms. The fraction of sp³-hybridized carbons (Fsp3) is 0.333. The smallest absolute Gasteiger partial charge is 0.134 e. The maximum absolute atomic E-state index is 9.52. The second-order valence-electron chi connectivity index (χ2n) is 4.72. The fourth-order valence-electron chi connectivity index (χ4n) is 2.16. The van der Waals surface area contributed by atoms with E-state index in [0.29, 0.717) is 6.54 Å². The minimum atomic E-state index is 0.000997. The first-order valence-corrected chi connectivity index (χ1v) is 6.31. The molecule has 100 valence electrons. The van der Waals surface area contributed by atoms with E-state index in [9.17, 15) is 5.11 Å². The topological polar surface area (TPSA) is 49.2 Å². The van der Waals surface area contributed by atoms with E-state index >= 15 is 0 Å². The summed E-state index contributed by atoms with van der Waals surface area (Å²) < 4.78 is 0. The molecule has 2 heterocycles. The fourth-order valence-corrected chi connectivity index (χ4v) is 2.16. The predicted molar refractivity (Wildman–Crippen MR) is 76.0 cm³/mol. The van der Waals surface area contributed by atoms with Crippen LogP contribution in [0.2, 0.25) is 0 Å². The van der Waals surface area contributed by atoms with Gasteiger partial charge in [-0.15, -0.1) is 0 Å². The normalized spacial score (nSPS) is 10.5. The van der Waals surface area contributed by atoms with Crippen LogP contribution in [0, 0.1) is 13.8 Å². The molecule has 0 spiro atoms. The van der Waals surface area contributed by atoms with Crippen LogP contribution in [0.5, 0.6) is 0 Å². The highest BCUT2D eigenvalue weighted by atomic mass is 16.3. The van der Waals surface area contributed by atoms with Gasteiger partial charge in [-0.05, 0) is 37.6 Å². The molecule has 0 saturated heterocycles. The average Bonchev–Trinajstić information content (AvgIpc) is 2.39. The lowest BCUT2D eigenvalue weighted by Gasteiger charge is -2.22. The van der Waals surface area contributed by atoms with Gasteiger partial charge in [-0.25, -0.2) is 4.98 Å². The zero-order chi connectivity index (χ0) is 13.8. The van der Waals surface area contributed by atoms with Crippen molar-refractivity contribution in [2.45, 2.75) is 27.0 Å². The molecule has 0 aliphatic heterocycles. The summed E-state index contributed by atoms with van der Waals surface area (Å²) in [6.07, 6.45) is 1.78. The predicted octanol–water partition coefficient (Wildman–Crippen LogP) is 2.22. The molecule has 4 heteroatoms. The van der Waals surface area contributed by atoms with Crippen molar-refractivity contribution in [3.8, 4) is 0 Å². The van der Waals surface area contributed by atoms with Crippen molar-refractivity contribution in [3.63, 3.8) is 0 Å². The highest BCUT2D eigenvalue weighted by molar-refractivity contribution is 5.50. The van der Waals surface area contributed by atoms with Gasteiger partial charge < -0.3 is 10.0 Å². The molecule has 4 nitrogen and oxygen atoms in total. The van der Waals surface area contributed by atoms with Gasteiger partial charge in [-0.1, -0.05) is 6.07 Å². The summed E-state index contributed by atoms with van der Waals surface area (Å²) in [6.45, 7) is 4.63. The van der Waals surface area contributed by atoms with E-state index in [2.05, 4.69) is 9.97 Å². The maximum Gasteiger partial charge on any atom is 0.134 e. The molecule has 1 N–H and O–H groups in total. The summed E-state index contributed by atoms with van der Waals surface area (Å²) in [5.74, 6) is 0.825. The standard InChI is InChI=1S/C15H19N3O/c1-11-8-12(2)17-15(14(11)10-19)18(3)9-13-6-4-5-7-16-13/h4-8,19H,9-10H2,1-3H3. The SMILES string of the molecule is Cc1cc(C)c(CO)c(N(C)Cc2ccccn2)n1. The van der Waals surface area contributed by atoms with Crippen LogP contribution in [-0.2, 0) is 13.2 Å². The lowest BCUT2D eigenvalue weighted by Crippen LogP contribution is -2.21. The van der Waals surface area contributed by atoms with Crippen LogP contribution in [0.15, 0.2) is 30.5 Å². The van der Waals surface area contributed by atoms with Crippen molar-refractivity contribution in [3.05, 3.63) is 53.0 Å². The Morgan fingerprint density at radius 1 is 1.26 bits per heavy atom. The molecule has 0 aromatic carbocycles. The number of hydrogen-bond donors (Lipinski definition) is 1. The zero-order valence-corrected chi connectivity index (χ0v) is 11.6. The minimum Gasteiger partial charge on any atom is -0.392 e. The second-order valence-corrected chi connectivity index (χ2v) is 4.72. The Labute approximate surface area is 113 Å². The molecular weight excluding hydrogens is 238 g/mol. The molecular formula is C15H19N3O. The van der Waals surface area contributed by atoms with Gasteiger partial charge in [0.2, 0.25) is 0 Å². The number of nitrogens with zero attached hydrogens (tertiary/aromatic N) is 3. The van der Waals surface area contributed by atoms with Gasteiger partial charge in [0.1, 0.15) is 5.82 Å². The van der Waals surface area contributed by atoms with E-state index in [1.54, 1.807) is 6.20 Å². The summed E-state index contributed by atoms with van der Waals surface area (Å²) in [5, 5.41) is 9.52. The van der Waals surface area contributed by atoms with Crippen molar-refractivity contribution in [2.75, 3.05) is 11.9 Å².